The lowest BCUT2D eigenvalue weighted by atomic mass is 10.2. The summed E-state index contributed by atoms with van der Waals surface area (Å²) < 4.78 is 15.6. The van der Waals surface area contributed by atoms with Gasteiger partial charge >= 0.3 is 5.97 Å². The van der Waals surface area contributed by atoms with Crippen LogP contribution >= 0.6 is 0 Å². The van der Waals surface area contributed by atoms with E-state index in [1.54, 1.807) is 6.08 Å². The fourth-order valence-corrected chi connectivity index (χ4v) is 2.03. The SMILES string of the molecule is C=C(/C=C(C)\C=C(/C)OCCN1CCOCC1)C(=O)OC. The summed E-state index contributed by atoms with van der Waals surface area (Å²) in [5.41, 5.74) is 1.22. The van der Waals surface area contributed by atoms with Crippen molar-refractivity contribution in [2.45, 2.75) is 13.8 Å². The molecule has 0 aliphatic carbocycles. The molecule has 1 saturated heterocycles. The zero-order valence-corrected chi connectivity index (χ0v) is 13.2. The molecule has 0 spiro atoms. The van der Waals surface area contributed by atoms with Gasteiger partial charge in [0, 0.05) is 19.6 Å². The topological polar surface area (TPSA) is 48.0 Å². The molecule has 0 bridgehead atoms. The van der Waals surface area contributed by atoms with Gasteiger partial charge < -0.3 is 14.2 Å². The van der Waals surface area contributed by atoms with Crippen molar-refractivity contribution in [2.75, 3.05) is 46.6 Å². The van der Waals surface area contributed by atoms with E-state index >= 15 is 0 Å². The van der Waals surface area contributed by atoms with Gasteiger partial charge in [-0.25, -0.2) is 4.79 Å². The molecule has 21 heavy (non-hydrogen) atoms. The lowest BCUT2D eigenvalue weighted by Crippen LogP contribution is -2.38. The first-order valence-electron chi connectivity index (χ1n) is 7.09. The van der Waals surface area contributed by atoms with E-state index in [0.29, 0.717) is 12.2 Å². The molecule has 0 aromatic carbocycles. The Morgan fingerprint density at radius 1 is 1.29 bits per heavy atom. The molecule has 1 heterocycles. The third kappa shape index (κ3) is 7.11. The lowest BCUT2D eigenvalue weighted by Gasteiger charge is -2.26. The smallest absolute Gasteiger partial charge is 0.337 e. The number of morpholine rings is 1. The van der Waals surface area contributed by atoms with Gasteiger partial charge in [-0.3, -0.25) is 4.90 Å². The van der Waals surface area contributed by atoms with Crippen LogP contribution in [0.1, 0.15) is 13.8 Å². The molecule has 118 valence electrons. The van der Waals surface area contributed by atoms with Gasteiger partial charge in [0.2, 0.25) is 0 Å². The minimum Gasteiger partial charge on any atom is -0.497 e. The number of carbonyl (C=O) groups excluding carboxylic acids is 1. The highest BCUT2D eigenvalue weighted by atomic mass is 16.5. The molecule has 1 fully saturated rings. The third-order valence-corrected chi connectivity index (χ3v) is 3.12. The van der Waals surface area contributed by atoms with E-state index in [1.807, 2.05) is 19.9 Å². The number of allylic oxidation sites excluding steroid dienone is 3. The van der Waals surface area contributed by atoms with Crippen LogP contribution in [0.3, 0.4) is 0 Å². The maximum Gasteiger partial charge on any atom is 0.337 e. The van der Waals surface area contributed by atoms with Gasteiger partial charge in [0.25, 0.3) is 0 Å². The van der Waals surface area contributed by atoms with Crippen molar-refractivity contribution in [3.63, 3.8) is 0 Å². The van der Waals surface area contributed by atoms with Crippen LogP contribution in [-0.2, 0) is 19.0 Å². The monoisotopic (exact) mass is 295 g/mol. The molecular formula is C16H25NO4. The molecule has 0 N–H and O–H groups in total. The Bertz CT molecular complexity index is 420. The third-order valence-electron chi connectivity index (χ3n) is 3.12. The summed E-state index contributed by atoms with van der Waals surface area (Å²) in [5, 5.41) is 0. The standard InChI is InChI=1S/C16H25NO4/c1-13(11-14(2)16(18)19-4)12-15(3)21-10-7-17-5-8-20-9-6-17/h11-12H,2,5-10H2,1,3-4H3/b13-11-,15-12+. The van der Waals surface area contributed by atoms with E-state index in [9.17, 15) is 4.79 Å². The fraction of sp³-hybridized carbons (Fsp3) is 0.562. The minimum atomic E-state index is -0.423. The number of nitrogens with zero attached hydrogens (tertiary/aromatic N) is 1. The predicted octanol–water partition coefficient (Wildman–Crippen LogP) is 1.91. The van der Waals surface area contributed by atoms with Gasteiger partial charge in [0.1, 0.15) is 6.61 Å². The number of ether oxygens (including phenoxy) is 3. The molecule has 0 saturated carbocycles. The van der Waals surface area contributed by atoms with Crippen LogP contribution < -0.4 is 0 Å². The summed E-state index contributed by atoms with van der Waals surface area (Å²) in [6, 6.07) is 0. The zero-order valence-electron chi connectivity index (χ0n) is 13.2. The van der Waals surface area contributed by atoms with Crippen LogP contribution in [0.15, 0.2) is 35.6 Å². The Labute approximate surface area is 126 Å². The first-order valence-corrected chi connectivity index (χ1v) is 7.09. The summed E-state index contributed by atoms with van der Waals surface area (Å²) in [6.07, 6.45) is 3.56. The first kappa shape index (κ1) is 17.5. The second kappa shape index (κ2) is 9.37. The second-order valence-corrected chi connectivity index (χ2v) is 4.96. The van der Waals surface area contributed by atoms with Crippen LogP contribution in [-0.4, -0.2) is 57.4 Å². The molecule has 0 aromatic heterocycles. The van der Waals surface area contributed by atoms with Crippen LogP contribution in [0.25, 0.3) is 0 Å². The number of hydrogen-bond acceptors (Lipinski definition) is 5. The maximum absolute atomic E-state index is 11.2. The summed E-state index contributed by atoms with van der Waals surface area (Å²) in [4.78, 5) is 13.6. The zero-order chi connectivity index (χ0) is 15.7. The normalized spacial score (nSPS) is 17.5. The highest BCUT2D eigenvalue weighted by Gasteiger charge is 2.09. The molecule has 5 nitrogen and oxygen atoms in total. The van der Waals surface area contributed by atoms with Crippen molar-refractivity contribution < 1.29 is 19.0 Å². The van der Waals surface area contributed by atoms with E-state index in [2.05, 4.69) is 16.2 Å². The van der Waals surface area contributed by atoms with Gasteiger partial charge in [-0.1, -0.05) is 6.58 Å². The van der Waals surface area contributed by atoms with E-state index in [1.165, 1.54) is 7.11 Å². The van der Waals surface area contributed by atoms with Gasteiger partial charge in [-0.05, 0) is 31.6 Å². The average molecular weight is 295 g/mol. The minimum absolute atomic E-state index is 0.326. The Hall–Kier alpha value is -1.59. The van der Waals surface area contributed by atoms with Crippen molar-refractivity contribution in [3.8, 4) is 0 Å². The highest BCUT2D eigenvalue weighted by molar-refractivity contribution is 5.90. The van der Waals surface area contributed by atoms with Gasteiger partial charge in [0.15, 0.2) is 0 Å². The summed E-state index contributed by atoms with van der Waals surface area (Å²) in [7, 11) is 1.34. The quantitative estimate of drug-likeness (QED) is 0.311. The van der Waals surface area contributed by atoms with Crippen LogP contribution in [0, 0.1) is 0 Å². The molecule has 0 aromatic rings. The van der Waals surface area contributed by atoms with Crippen molar-refractivity contribution in [3.05, 3.63) is 35.6 Å². The summed E-state index contributed by atoms with van der Waals surface area (Å²) in [5.74, 6) is 0.392. The Morgan fingerprint density at radius 3 is 2.57 bits per heavy atom. The summed E-state index contributed by atoms with van der Waals surface area (Å²) in [6.45, 7) is 12.5. The highest BCUT2D eigenvalue weighted by Crippen LogP contribution is 2.08. The maximum atomic E-state index is 11.2. The molecule has 0 radical (unpaired) electrons. The first-order chi connectivity index (χ1) is 10.0. The number of esters is 1. The van der Waals surface area contributed by atoms with E-state index < -0.39 is 5.97 Å². The molecule has 0 atom stereocenters. The van der Waals surface area contributed by atoms with E-state index in [0.717, 1.165) is 44.2 Å². The van der Waals surface area contributed by atoms with Gasteiger partial charge in [-0.15, -0.1) is 0 Å². The van der Waals surface area contributed by atoms with Gasteiger partial charge in [0.05, 0.1) is 31.7 Å². The fourth-order valence-electron chi connectivity index (χ4n) is 2.03. The Kier molecular flexibility index (Phi) is 7.79. The summed E-state index contributed by atoms with van der Waals surface area (Å²) >= 11 is 0. The van der Waals surface area contributed by atoms with Crippen molar-refractivity contribution >= 4 is 5.97 Å². The Morgan fingerprint density at radius 2 is 1.95 bits per heavy atom. The average Bonchev–Trinajstić information content (AvgIpc) is 2.47. The predicted molar refractivity (Wildman–Crippen MR) is 81.9 cm³/mol. The largest absolute Gasteiger partial charge is 0.497 e. The van der Waals surface area contributed by atoms with Gasteiger partial charge in [-0.2, -0.15) is 0 Å². The molecule has 0 amide bonds. The van der Waals surface area contributed by atoms with Crippen molar-refractivity contribution in [1.29, 1.82) is 0 Å². The molecule has 1 rings (SSSR count). The number of hydrogen-bond donors (Lipinski definition) is 0. The van der Waals surface area contributed by atoms with E-state index in [-0.39, 0.29) is 0 Å². The Balaban J connectivity index is 2.35. The molecule has 0 unspecified atom stereocenters. The number of methoxy groups -OCH3 is 1. The lowest BCUT2D eigenvalue weighted by molar-refractivity contribution is -0.135. The molecule has 1 aliphatic rings. The van der Waals surface area contributed by atoms with Crippen LogP contribution in [0.5, 0.6) is 0 Å². The van der Waals surface area contributed by atoms with Crippen molar-refractivity contribution in [2.24, 2.45) is 0 Å². The second-order valence-electron chi connectivity index (χ2n) is 4.96. The molecule has 1 aliphatic heterocycles. The number of rotatable bonds is 7. The van der Waals surface area contributed by atoms with Crippen LogP contribution in [0.4, 0.5) is 0 Å². The number of carbonyl (C=O) groups is 1. The van der Waals surface area contributed by atoms with E-state index in [4.69, 9.17) is 9.47 Å². The molecular weight excluding hydrogens is 270 g/mol. The van der Waals surface area contributed by atoms with Crippen LogP contribution in [0.2, 0.25) is 0 Å². The molecule has 5 heteroatoms. The van der Waals surface area contributed by atoms with Crippen molar-refractivity contribution in [1.82, 2.24) is 4.90 Å².